The van der Waals surface area contributed by atoms with E-state index < -0.39 is 24.1 Å². The number of esters is 1. The molecule has 0 saturated carbocycles. The van der Waals surface area contributed by atoms with Gasteiger partial charge in [-0.3, -0.25) is 4.79 Å². The fourth-order valence-electron chi connectivity index (χ4n) is 1.68. The van der Waals surface area contributed by atoms with E-state index in [4.69, 9.17) is 16.2 Å². The number of rotatable bonds is 6. The molecular weight excluding hydrogens is 264 g/mol. The zero-order valence-electron chi connectivity index (χ0n) is 11.1. The number of benzene rings is 1. The molecule has 0 radical (unpaired) electrons. The number of amides is 1. The normalized spacial score (nSPS) is 13.6. The number of primary amides is 1. The predicted octanol–water partition coefficient (Wildman–Crippen LogP) is -0.285. The first-order valence-electron chi connectivity index (χ1n) is 6.07. The first-order valence-corrected chi connectivity index (χ1v) is 6.07. The van der Waals surface area contributed by atoms with Gasteiger partial charge >= 0.3 is 5.97 Å². The van der Waals surface area contributed by atoms with Crippen LogP contribution in [0.15, 0.2) is 18.2 Å². The summed E-state index contributed by atoms with van der Waals surface area (Å²) in [6.45, 7) is 1.85. The van der Waals surface area contributed by atoms with Gasteiger partial charge in [0, 0.05) is 5.69 Å². The first kappa shape index (κ1) is 15.9. The molecule has 0 saturated heterocycles. The van der Waals surface area contributed by atoms with Crippen LogP contribution < -0.4 is 11.5 Å². The van der Waals surface area contributed by atoms with E-state index in [1.807, 2.05) is 0 Å². The molecule has 0 bridgehead atoms. The largest absolute Gasteiger partial charge is 0.462 e. The fraction of sp³-hybridized carbons (Fsp3) is 0.385. The van der Waals surface area contributed by atoms with Crippen molar-refractivity contribution in [3.63, 3.8) is 0 Å². The van der Waals surface area contributed by atoms with Gasteiger partial charge < -0.3 is 26.4 Å². The average molecular weight is 282 g/mol. The molecule has 20 heavy (non-hydrogen) atoms. The Morgan fingerprint density at radius 3 is 2.55 bits per heavy atom. The third-order valence-corrected chi connectivity index (χ3v) is 2.69. The molecule has 1 aromatic carbocycles. The van der Waals surface area contributed by atoms with Gasteiger partial charge in [0.25, 0.3) is 0 Å². The van der Waals surface area contributed by atoms with Crippen molar-refractivity contribution >= 4 is 17.6 Å². The highest BCUT2D eigenvalue weighted by Crippen LogP contribution is 2.23. The smallest absolute Gasteiger partial charge is 0.340 e. The average Bonchev–Trinajstić information content (AvgIpc) is 2.37. The number of carbonyl (C=O) groups is 2. The lowest BCUT2D eigenvalue weighted by Gasteiger charge is -2.18. The molecule has 1 aromatic rings. The van der Waals surface area contributed by atoms with Crippen molar-refractivity contribution < 1.29 is 24.5 Å². The third kappa shape index (κ3) is 3.94. The number of hydrogen-bond acceptors (Lipinski definition) is 6. The molecule has 0 aliphatic rings. The summed E-state index contributed by atoms with van der Waals surface area (Å²) in [7, 11) is 0. The van der Waals surface area contributed by atoms with Gasteiger partial charge in [-0.25, -0.2) is 4.79 Å². The van der Waals surface area contributed by atoms with Crippen molar-refractivity contribution in [2.45, 2.75) is 25.6 Å². The molecule has 0 spiro atoms. The summed E-state index contributed by atoms with van der Waals surface area (Å²) in [5.41, 5.74) is 11.1. The second-order valence-electron chi connectivity index (χ2n) is 4.25. The Morgan fingerprint density at radius 1 is 1.35 bits per heavy atom. The molecule has 1 rings (SSSR count). The highest BCUT2D eigenvalue weighted by atomic mass is 16.5. The van der Waals surface area contributed by atoms with E-state index in [1.54, 1.807) is 6.92 Å². The van der Waals surface area contributed by atoms with Crippen LogP contribution >= 0.6 is 0 Å². The van der Waals surface area contributed by atoms with Crippen LogP contribution in [0.5, 0.6) is 0 Å². The van der Waals surface area contributed by atoms with Crippen LogP contribution in [-0.2, 0) is 9.53 Å². The topological polar surface area (TPSA) is 136 Å². The SMILES string of the molecule is CCOC(=O)c1cc(C(O)C(O)CC(N)=O)ccc1N. The van der Waals surface area contributed by atoms with Crippen LogP contribution in [0, 0.1) is 0 Å². The van der Waals surface area contributed by atoms with E-state index in [9.17, 15) is 19.8 Å². The van der Waals surface area contributed by atoms with Gasteiger partial charge in [0.2, 0.25) is 5.91 Å². The summed E-state index contributed by atoms with van der Waals surface area (Å²) in [5, 5.41) is 19.6. The van der Waals surface area contributed by atoms with Crippen LogP contribution in [0.25, 0.3) is 0 Å². The number of nitrogen functional groups attached to an aromatic ring is 1. The van der Waals surface area contributed by atoms with Crippen molar-refractivity contribution in [1.29, 1.82) is 0 Å². The molecule has 0 aliphatic heterocycles. The number of aliphatic hydroxyl groups excluding tert-OH is 2. The van der Waals surface area contributed by atoms with Crippen LogP contribution in [0.3, 0.4) is 0 Å². The molecule has 110 valence electrons. The second kappa shape index (κ2) is 6.88. The van der Waals surface area contributed by atoms with Crippen molar-refractivity contribution in [3.05, 3.63) is 29.3 Å². The van der Waals surface area contributed by atoms with Crippen molar-refractivity contribution in [1.82, 2.24) is 0 Å². The van der Waals surface area contributed by atoms with Gasteiger partial charge in [0.15, 0.2) is 0 Å². The van der Waals surface area contributed by atoms with Crippen molar-refractivity contribution in [3.8, 4) is 0 Å². The lowest BCUT2D eigenvalue weighted by molar-refractivity contribution is -0.121. The Balaban J connectivity index is 2.99. The van der Waals surface area contributed by atoms with E-state index in [2.05, 4.69) is 0 Å². The fourth-order valence-corrected chi connectivity index (χ4v) is 1.68. The summed E-state index contributed by atoms with van der Waals surface area (Å²) < 4.78 is 4.83. The molecule has 7 nitrogen and oxygen atoms in total. The van der Waals surface area contributed by atoms with Crippen molar-refractivity contribution in [2.24, 2.45) is 5.73 Å². The van der Waals surface area contributed by atoms with Gasteiger partial charge in [0.05, 0.1) is 24.7 Å². The zero-order chi connectivity index (χ0) is 15.3. The monoisotopic (exact) mass is 282 g/mol. The van der Waals surface area contributed by atoms with Gasteiger partial charge in [-0.15, -0.1) is 0 Å². The number of anilines is 1. The summed E-state index contributed by atoms with van der Waals surface area (Å²) >= 11 is 0. The molecule has 0 aromatic heterocycles. The standard InChI is InChI=1S/C13H18N2O5/c1-2-20-13(19)8-5-7(3-4-9(8)14)12(18)10(16)6-11(15)17/h3-5,10,12,16,18H,2,6,14H2,1H3,(H2,15,17). The summed E-state index contributed by atoms with van der Waals surface area (Å²) in [5.74, 6) is -1.36. The molecule has 6 N–H and O–H groups in total. The maximum absolute atomic E-state index is 11.7. The minimum atomic E-state index is -1.36. The lowest BCUT2D eigenvalue weighted by atomic mass is 9.99. The van der Waals surface area contributed by atoms with E-state index in [1.165, 1.54) is 18.2 Å². The first-order chi connectivity index (χ1) is 9.36. The van der Waals surface area contributed by atoms with Crippen LogP contribution in [0.2, 0.25) is 0 Å². The Kier molecular flexibility index (Phi) is 5.48. The summed E-state index contributed by atoms with van der Waals surface area (Å²) in [6, 6.07) is 4.19. The zero-order valence-corrected chi connectivity index (χ0v) is 11.1. The quantitative estimate of drug-likeness (QED) is 0.418. The Hall–Kier alpha value is -2.12. The molecule has 0 aliphatic carbocycles. The minimum Gasteiger partial charge on any atom is -0.462 e. The van der Waals surface area contributed by atoms with Crippen LogP contribution in [0.1, 0.15) is 35.4 Å². The molecular formula is C13H18N2O5. The molecule has 0 fully saturated rings. The minimum absolute atomic E-state index is 0.0923. The van der Waals surface area contributed by atoms with E-state index in [-0.39, 0.29) is 29.8 Å². The maximum atomic E-state index is 11.7. The Labute approximate surface area is 116 Å². The molecule has 0 heterocycles. The number of hydrogen-bond donors (Lipinski definition) is 4. The van der Waals surface area contributed by atoms with Gasteiger partial charge in [-0.05, 0) is 24.6 Å². The van der Waals surface area contributed by atoms with Gasteiger partial charge in [-0.2, -0.15) is 0 Å². The Morgan fingerprint density at radius 2 is 2.00 bits per heavy atom. The number of nitrogens with two attached hydrogens (primary N) is 2. The maximum Gasteiger partial charge on any atom is 0.340 e. The summed E-state index contributed by atoms with van der Waals surface area (Å²) in [4.78, 5) is 22.4. The van der Waals surface area contributed by atoms with Crippen molar-refractivity contribution in [2.75, 3.05) is 12.3 Å². The molecule has 1 amide bonds. The predicted molar refractivity (Wildman–Crippen MR) is 71.6 cm³/mol. The third-order valence-electron chi connectivity index (χ3n) is 2.69. The van der Waals surface area contributed by atoms with Gasteiger partial charge in [-0.1, -0.05) is 6.07 Å². The molecule has 2 unspecified atom stereocenters. The number of carbonyl (C=O) groups excluding carboxylic acids is 2. The number of ether oxygens (including phenoxy) is 1. The molecule has 7 heteroatoms. The summed E-state index contributed by atoms with van der Waals surface area (Å²) in [6.07, 6.45) is -3.09. The van der Waals surface area contributed by atoms with E-state index in [0.717, 1.165) is 0 Å². The second-order valence-corrected chi connectivity index (χ2v) is 4.25. The van der Waals surface area contributed by atoms with Gasteiger partial charge in [0.1, 0.15) is 6.10 Å². The molecule has 2 atom stereocenters. The van der Waals surface area contributed by atoms with Crippen LogP contribution in [0.4, 0.5) is 5.69 Å². The van der Waals surface area contributed by atoms with E-state index in [0.29, 0.717) is 0 Å². The lowest BCUT2D eigenvalue weighted by Crippen LogP contribution is -2.26. The Bertz CT molecular complexity index is 504. The highest BCUT2D eigenvalue weighted by molar-refractivity contribution is 5.95. The number of aliphatic hydroxyl groups is 2. The van der Waals surface area contributed by atoms with Crippen LogP contribution in [-0.4, -0.2) is 34.8 Å². The van der Waals surface area contributed by atoms with E-state index >= 15 is 0 Å². The highest BCUT2D eigenvalue weighted by Gasteiger charge is 2.22.